The number of benzene rings is 1. The van der Waals surface area contributed by atoms with Crippen LogP contribution in [0.25, 0.3) is 0 Å². The van der Waals surface area contributed by atoms with E-state index in [1.807, 2.05) is 0 Å². The predicted octanol–water partition coefficient (Wildman–Crippen LogP) is 2.39. The summed E-state index contributed by atoms with van der Waals surface area (Å²) in [6.45, 7) is 0.827. The Labute approximate surface area is 149 Å². The first-order chi connectivity index (χ1) is 12.1. The van der Waals surface area contributed by atoms with Crippen molar-refractivity contribution >= 4 is 28.3 Å². The Kier molecular flexibility index (Phi) is 5.18. The summed E-state index contributed by atoms with van der Waals surface area (Å²) < 4.78 is 10.5. The number of nitrogens with zero attached hydrogens (tertiary/aromatic N) is 3. The molecule has 1 aliphatic rings. The SMILES string of the molecule is COc1ccc(C(=O)N(CN2CCCC2=O)c2nccs2)c(OC)c1. The maximum absolute atomic E-state index is 13.2. The summed E-state index contributed by atoms with van der Waals surface area (Å²) in [5.41, 5.74) is 0.394. The average molecular weight is 361 g/mol. The van der Waals surface area contributed by atoms with Crippen LogP contribution in [0.1, 0.15) is 23.2 Å². The molecule has 0 atom stereocenters. The van der Waals surface area contributed by atoms with Gasteiger partial charge in [-0.3, -0.25) is 14.5 Å². The van der Waals surface area contributed by atoms with E-state index in [4.69, 9.17) is 9.47 Å². The maximum atomic E-state index is 13.2. The van der Waals surface area contributed by atoms with Crippen molar-refractivity contribution in [2.45, 2.75) is 12.8 Å². The van der Waals surface area contributed by atoms with Crippen LogP contribution in [0.4, 0.5) is 5.13 Å². The van der Waals surface area contributed by atoms with Crippen LogP contribution in [0.2, 0.25) is 0 Å². The molecule has 0 bridgehead atoms. The van der Waals surface area contributed by atoms with Crippen molar-refractivity contribution < 1.29 is 19.1 Å². The van der Waals surface area contributed by atoms with Crippen LogP contribution in [-0.2, 0) is 4.79 Å². The molecule has 8 heteroatoms. The van der Waals surface area contributed by atoms with Gasteiger partial charge in [-0.05, 0) is 18.6 Å². The van der Waals surface area contributed by atoms with Crippen LogP contribution >= 0.6 is 11.3 Å². The molecule has 2 amide bonds. The van der Waals surface area contributed by atoms with Crippen molar-refractivity contribution in [3.05, 3.63) is 35.3 Å². The summed E-state index contributed by atoms with van der Waals surface area (Å²) in [5.74, 6) is 0.799. The highest BCUT2D eigenvalue weighted by Gasteiger charge is 2.29. The first-order valence-corrected chi connectivity index (χ1v) is 8.73. The third-order valence-electron chi connectivity index (χ3n) is 4.02. The van der Waals surface area contributed by atoms with Gasteiger partial charge in [-0.15, -0.1) is 11.3 Å². The van der Waals surface area contributed by atoms with Gasteiger partial charge in [0.1, 0.15) is 18.2 Å². The predicted molar refractivity (Wildman–Crippen MR) is 94.3 cm³/mol. The highest BCUT2D eigenvalue weighted by atomic mass is 32.1. The minimum absolute atomic E-state index is 0.0519. The van der Waals surface area contributed by atoms with E-state index < -0.39 is 0 Å². The van der Waals surface area contributed by atoms with Crippen LogP contribution < -0.4 is 14.4 Å². The Bertz CT molecular complexity index is 763. The lowest BCUT2D eigenvalue weighted by molar-refractivity contribution is -0.127. The molecule has 1 aromatic heterocycles. The number of rotatable bonds is 6. The van der Waals surface area contributed by atoms with Crippen molar-refractivity contribution in [1.29, 1.82) is 0 Å². The van der Waals surface area contributed by atoms with Crippen molar-refractivity contribution in [2.24, 2.45) is 0 Å². The summed E-state index contributed by atoms with van der Waals surface area (Å²) in [6, 6.07) is 5.03. The fourth-order valence-electron chi connectivity index (χ4n) is 2.71. The minimum atomic E-state index is -0.269. The van der Waals surface area contributed by atoms with Crippen molar-refractivity contribution in [3.8, 4) is 11.5 Å². The van der Waals surface area contributed by atoms with E-state index in [1.54, 1.807) is 41.8 Å². The number of methoxy groups -OCH3 is 2. The lowest BCUT2D eigenvalue weighted by Crippen LogP contribution is -2.42. The second kappa shape index (κ2) is 7.52. The third-order valence-corrected chi connectivity index (χ3v) is 4.81. The lowest BCUT2D eigenvalue weighted by atomic mass is 10.1. The molecule has 7 nitrogen and oxygen atoms in total. The van der Waals surface area contributed by atoms with Gasteiger partial charge in [-0.1, -0.05) is 0 Å². The molecule has 0 saturated carbocycles. The summed E-state index contributed by atoms with van der Waals surface area (Å²) in [5, 5.41) is 2.34. The monoisotopic (exact) mass is 361 g/mol. The van der Waals surface area contributed by atoms with Crippen molar-refractivity contribution in [1.82, 2.24) is 9.88 Å². The number of thiazole rings is 1. The van der Waals surface area contributed by atoms with Gasteiger partial charge in [-0.2, -0.15) is 0 Å². The molecule has 0 radical (unpaired) electrons. The van der Waals surface area contributed by atoms with Gasteiger partial charge in [0.25, 0.3) is 5.91 Å². The fourth-order valence-corrected chi connectivity index (χ4v) is 3.34. The number of likely N-dealkylation sites (tertiary alicyclic amines) is 1. The van der Waals surface area contributed by atoms with Gasteiger partial charge in [-0.25, -0.2) is 4.98 Å². The average Bonchev–Trinajstić information content (AvgIpc) is 3.30. The molecule has 1 aromatic carbocycles. The van der Waals surface area contributed by atoms with E-state index >= 15 is 0 Å². The minimum Gasteiger partial charge on any atom is -0.497 e. The number of anilines is 1. The summed E-state index contributed by atoms with van der Waals surface area (Å²) in [4.78, 5) is 32.6. The molecule has 2 aromatic rings. The Hall–Kier alpha value is -2.61. The maximum Gasteiger partial charge on any atom is 0.265 e. The fraction of sp³-hybridized carbons (Fsp3) is 0.353. The lowest BCUT2D eigenvalue weighted by Gasteiger charge is -2.26. The zero-order valence-electron chi connectivity index (χ0n) is 14.1. The first-order valence-electron chi connectivity index (χ1n) is 7.85. The van der Waals surface area contributed by atoms with Crippen LogP contribution in [0.5, 0.6) is 11.5 Å². The zero-order valence-corrected chi connectivity index (χ0v) is 14.9. The second-order valence-corrected chi connectivity index (χ2v) is 6.39. The van der Waals surface area contributed by atoms with E-state index in [0.29, 0.717) is 35.2 Å². The Balaban J connectivity index is 1.93. The van der Waals surface area contributed by atoms with E-state index in [0.717, 1.165) is 6.42 Å². The van der Waals surface area contributed by atoms with Gasteiger partial charge < -0.3 is 14.4 Å². The molecule has 1 fully saturated rings. The van der Waals surface area contributed by atoms with Crippen molar-refractivity contribution in [2.75, 3.05) is 32.3 Å². The number of amides is 2. The molecule has 0 unspecified atom stereocenters. The summed E-state index contributed by atoms with van der Waals surface area (Å²) >= 11 is 1.35. The molecular weight excluding hydrogens is 342 g/mol. The van der Waals surface area contributed by atoms with Crippen LogP contribution in [0.15, 0.2) is 29.8 Å². The molecule has 0 N–H and O–H groups in total. The molecule has 2 heterocycles. The first kappa shape index (κ1) is 17.2. The third kappa shape index (κ3) is 3.58. The van der Waals surface area contributed by atoms with Gasteiger partial charge >= 0.3 is 0 Å². The van der Waals surface area contributed by atoms with Gasteiger partial charge in [0.2, 0.25) is 5.91 Å². The standard InChI is InChI=1S/C17H19N3O4S/c1-23-12-5-6-13(14(10-12)24-2)16(22)20(17-18-7-9-25-17)11-19-8-3-4-15(19)21/h5-7,9-10H,3-4,8,11H2,1-2H3. The van der Waals surface area contributed by atoms with E-state index in [-0.39, 0.29) is 18.5 Å². The van der Waals surface area contributed by atoms with E-state index in [2.05, 4.69) is 4.98 Å². The largest absolute Gasteiger partial charge is 0.497 e. The van der Waals surface area contributed by atoms with Crippen LogP contribution in [0.3, 0.4) is 0 Å². The number of hydrogen-bond acceptors (Lipinski definition) is 6. The van der Waals surface area contributed by atoms with E-state index in [1.165, 1.54) is 23.3 Å². The number of carbonyl (C=O) groups excluding carboxylic acids is 2. The van der Waals surface area contributed by atoms with Gasteiger partial charge in [0, 0.05) is 30.6 Å². The molecular formula is C17H19N3O4S. The topological polar surface area (TPSA) is 72.0 Å². The number of aromatic nitrogens is 1. The normalized spacial score (nSPS) is 13.8. The smallest absolute Gasteiger partial charge is 0.265 e. The van der Waals surface area contributed by atoms with Crippen LogP contribution in [-0.4, -0.2) is 49.1 Å². The van der Waals surface area contributed by atoms with Gasteiger partial charge in [0.05, 0.1) is 19.8 Å². The molecule has 25 heavy (non-hydrogen) atoms. The van der Waals surface area contributed by atoms with Crippen LogP contribution in [0, 0.1) is 0 Å². The van der Waals surface area contributed by atoms with E-state index in [9.17, 15) is 9.59 Å². The van der Waals surface area contributed by atoms with Gasteiger partial charge in [0.15, 0.2) is 5.13 Å². The molecule has 1 aliphatic heterocycles. The van der Waals surface area contributed by atoms with Crippen molar-refractivity contribution in [3.63, 3.8) is 0 Å². The summed E-state index contributed by atoms with van der Waals surface area (Å²) in [7, 11) is 3.06. The Morgan fingerprint density at radius 3 is 2.80 bits per heavy atom. The molecule has 1 saturated heterocycles. The zero-order chi connectivity index (χ0) is 17.8. The Morgan fingerprint density at radius 2 is 2.20 bits per heavy atom. The number of carbonyl (C=O) groups is 2. The Morgan fingerprint density at radius 1 is 1.36 bits per heavy atom. The molecule has 0 aliphatic carbocycles. The second-order valence-electron chi connectivity index (χ2n) is 5.52. The summed E-state index contributed by atoms with van der Waals surface area (Å²) in [6.07, 6.45) is 2.97. The number of ether oxygens (including phenoxy) is 2. The molecule has 0 spiro atoms. The molecule has 132 valence electrons. The quantitative estimate of drug-likeness (QED) is 0.790. The molecule has 3 rings (SSSR count). The highest BCUT2D eigenvalue weighted by molar-refractivity contribution is 7.13. The number of hydrogen-bond donors (Lipinski definition) is 0. The highest BCUT2D eigenvalue weighted by Crippen LogP contribution is 2.29.